The average molecular weight is 377 g/mol. The van der Waals surface area contributed by atoms with Crippen molar-refractivity contribution in [3.63, 3.8) is 0 Å². The number of aryl methyl sites for hydroxylation is 1. The SMILES string of the molecule is Cc1ccccc1CC1(OC(N)=O)CCN(c2cn[nH]c(=O)c2Cl)CC1. The minimum absolute atomic E-state index is 0.113. The maximum Gasteiger partial charge on any atom is 0.405 e. The van der Waals surface area contributed by atoms with E-state index in [-0.39, 0.29) is 5.02 Å². The summed E-state index contributed by atoms with van der Waals surface area (Å²) in [6.07, 6.45) is 2.51. The Balaban J connectivity index is 1.81. The summed E-state index contributed by atoms with van der Waals surface area (Å²) in [7, 11) is 0. The summed E-state index contributed by atoms with van der Waals surface area (Å²) >= 11 is 6.10. The van der Waals surface area contributed by atoms with Gasteiger partial charge in [0, 0.05) is 32.4 Å². The van der Waals surface area contributed by atoms with Crippen molar-refractivity contribution in [2.45, 2.75) is 31.8 Å². The fourth-order valence-electron chi connectivity index (χ4n) is 3.43. The Labute approximate surface area is 156 Å². The van der Waals surface area contributed by atoms with Gasteiger partial charge in [0.25, 0.3) is 5.56 Å². The van der Waals surface area contributed by atoms with E-state index in [0.717, 1.165) is 11.1 Å². The fourth-order valence-corrected chi connectivity index (χ4v) is 3.64. The molecule has 1 amide bonds. The van der Waals surface area contributed by atoms with Crippen LogP contribution >= 0.6 is 11.6 Å². The molecule has 2 aromatic rings. The topological polar surface area (TPSA) is 101 Å². The number of ether oxygens (including phenoxy) is 1. The van der Waals surface area contributed by atoms with Gasteiger partial charge < -0.3 is 15.4 Å². The number of primary amides is 1. The number of benzene rings is 1. The molecule has 26 heavy (non-hydrogen) atoms. The molecule has 3 N–H and O–H groups in total. The lowest BCUT2D eigenvalue weighted by Gasteiger charge is -2.42. The normalized spacial score (nSPS) is 16.3. The van der Waals surface area contributed by atoms with Crippen LogP contribution in [-0.4, -0.2) is 35.0 Å². The predicted octanol–water partition coefficient (Wildman–Crippen LogP) is 2.41. The zero-order chi connectivity index (χ0) is 18.7. The first-order valence-electron chi connectivity index (χ1n) is 8.41. The summed E-state index contributed by atoms with van der Waals surface area (Å²) in [6, 6.07) is 8.01. The number of aromatic amines is 1. The van der Waals surface area contributed by atoms with Gasteiger partial charge in [-0.1, -0.05) is 35.9 Å². The van der Waals surface area contributed by atoms with Crippen LogP contribution in [-0.2, 0) is 11.2 Å². The number of amides is 1. The number of nitrogens with two attached hydrogens (primary N) is 1. The van der Waals surface area contributed by atoms with E-state index in [1.807, 2.05) is 36.1 Å². The number of piperidine rings is 1. The van der Waals surface area contributed by atoms with Gasteiger partial charge in [-0.15, -0.1) is 0 Å². The number of halogens is 1. The van der Waals surface area contributed by atoms with Crippen molar-refractivity contribution >= 4 is 23.4 Å². The third-order valence-electron chi connectivity index (χ3n) is 4.88. The highest BCUT2D eigenvalue weighted by Gasteiger charge is 2.39. The molecule has 3 rings (SSSR count). The molecule has 1 aliphatic rings. The van der Waals surface area contributed by atoms with E-state index >= 15 is 0 Å². The van der Waals surface area contributed by atoms with Crippen molar-refractivity contribution < 1.29 is 9.53 Å². The molecule has 1 aromatic heterocycles. The third kappa shape index (κ3) is 3.83. The van der Waals surface area contributed by atoms with Crippen molar-refractivity contribution in [2.75, 3.05) is 18.0 Å². The van der Waals surface area contributed by atoms with Crippen molar-refractivity contribution in [3.8, 4) is 0 Å². The van der Waals surface area contributed by atoms with Crippen LogP contribution in [0.4, 0.5) is 10.5 Å². The second kappa shape index (κ2) is 7.37. The Hall–Kier alpha value is -2.54. The Morgan fingerprint density at radius 2 is 2.08 bits per heavy atom. The van der Waals surface area contributed by atoms with E-state index in [2.05, 4.69) is 10.2 Å². The number of carbonyl (C=O) groups is 1. The van der Waals surface area contributed by atoms with Gasteiger partial charge in [0.1, 0.15) is 10.6 Å². The summed E-state index contributed by atoms with van der Waals surface area (Å²) in [6.45, 7) is 3.18. The Kier molecular flexibility index (Phi) is 5.18. The number of hydrogen-bond donors (Lipinski definition) is 2. The first kappa shape index (κ1) is 18.3. The van der Waals surface area contributed by atoms with E-state index < -0.39 is 17.3 Å². The zero-order valence-corrected chi connectivity index (χ0v) is 15.3. The third-order valence-corrected chi connectivity index (χ3v) is 5.25. The molecule has 1 fully saturated rings. The molecule has 0 atom stereocenters. The fraction of sp³-hybridized carbons (Fsp3) is 0.389. The lowest BCUT2D eigenvalue weighted by molar-refractivity contribution is -0.00220. The van der Waals surface area contributed by atoms with Crippen LogP contribution in [0.5, 0.6) is 0 Å². The van der Waals surface area contributed by atoms with Gasteiger partial charge in [-0.25, -0.2) is 9.89 Å². The molecule has 1 aromatic carbocycles. The molecule has 0 spiro atoms. The number of anilines is 1. The summed E-state index contributed by atoms with van der Waals surface area (Å²) in [5.74, 6) is 0. The molecular formula is C18H21ClN4O3. The maximum atomic E-state index is 11.7. The molecule has 0 unspecified atom stereocenters. The molecular weight excluding hydrogens is 356 g/mol. The molecule has 138 valence electrons. The molecule has 1 aliphatic heterocycles. The number of carbonyl (C=O) groups excluding carboxylic acids is 1. The van der Waals surface area contributed by atoms with Gasteiger partial charge in [0.05, 0.1) is 11.9 Å². The highest BCUT2D eigenvalue weighted by atomic mass is 35.5. The van der Waals surface area contributed by atoms with Gasteiger partial charge in [0.15, 0.2) is 0 Å². The number of nitrogens with zero attached hydrogens (tertiary/aromatic N) is 2. The molecule has 8 heteroatoms. The van der Waals surface area contributed by atoms with Crippen molar-refractivity contribution in [2.24, 2.45) is 5.73 Å². The molecule has 0 radical (unpaired) electrons. The lowest BCUT2D eigenvalue weighted by atomic mass is 9.83. The van der Waals surface area contributed by atoms with Gasteiger partial charge >= 0.3 is 6.09 Å². The maximum absolute atomic E-state index is 11.7. The van der Waals surface area contributed by atoms with Crippen LogP contribution in [0, 0.1) is 6.92 Å². The highest BCUT2D eigenvalue weighted by Crippen LogP contribution is 2.34. The second-order valence-corrected chi connectivity index (χ2v) is 6.97. The molecule has 2 heterocycles. The van der Waals surface area contributed by atoms with Crippen molar-refractivity contribution in [3.05, 3.63) is 57.0 Å². The van der Waals surface area contributed by atoms with Crippen LogP contribution in [0.15, 0.2) is 35.3 Å². The quantitative estimate of drug-likeness (QED) is 0.853. The average Bonchev–Trinajstić information content (AvgIpc) is 2.60. The monoisotopic (exact) mass is 376 g/mol. The Bertz CT molecular complexity index is 860. The summed E-state index contributed by atoms with van der Waals surface area (Å²) in [4.78, 5) is 25.2. The van der Waals surface area contributed by atoms with E-state index in [9.17, 15) is 9.59 Å². The number of aromatic nitrogens is 2. The summed E-state index contributed by atoms with van der Waals surface area (Å²) in [5, 5.41) is 6.24. The number of H-pyrrole nitrogens is 1. The zero-order valence-electron chi connectivity index (χ0n) is 14.5. The van der Waals surface area contributed by atoms with Crippen LogP contribution in [0.3, 0.4) is 0 Å². The molecule has 1 saturated heterocycles. The first-order chi connectivity index (χ1) is 12.4. The Morgan fingerprint density at radius 1 is 1.38 bits per heavy atom. The predicted molar refractivity (Wildman–Crippen MR) is 99.6 cm³/mol. The molecule has 0 aliphatic carbocycles. The highest BCUT2D eigenvalue weighted by molar-refractivity contribution is 6.33. The standard InChI is InChI=1S/C18H21ClN4O3/c1-12-4-2-3-5-13(12)10-18(26-17(20)25)6-8-23(9-7-18)14-11-21-22-16(24)15(14)19/h2-5,11H,6-10H2,1H3,(H2,20,25)(H,22,24). The number of hydrogen-bond acceptors (Lipinski definition) is 5. The van der Waals surface area contributed by atoms with Gasteiger partial charge in [-0.2, -0.15) is 5.10 Å². The van der Waals surface area contributed by atoms with Crippen LogP contribution in [0.1, 0.15) is 24.0 Å². The van der Waals surface area contributed by atoms with Crippen LogP contribution < -0.4 is 16.2 Å². The number of rotatable bonds is 4. The van der Waals surface area contributed by atoms with Crippen molar-refractivity contribution in [1.29, 1.82) is 0 Å². The lowest BCUT2D eigenvalue weighted by Crippen LogP contribution is -2.49. The molecule has 0 bridgehead atoms. The van der Waals surface area contributed by atoms with Crippen LogP contribution in [0.25, 0.3) is 0 Å². The molecule has 7 nitrogen and oxygen atoms in total. The summed E-state index contributed by atoms with van der Waals surface area (Å²) < 4.78 is 5.57. The van der Waals surface area contributed by atoms with Gasteiger partial charge in [-0.05, 0) is 18.1 Å². The minimum atomic E-state index is -0.775. The van der Waals surface area contributed by atoms with Gasteiger partial charge in [0.2, 0.25) is 0 Å². The Morgan fingerprint density at radius 3 is 2.73 bits per heavy atom. The van der Waals surface area contributed by atoms with Gasteiger partial charge in [-0.3, -0.25) is 4.79 Å². The second-order valence-electron chi connectivity index (χ2n) is 6.59. The number of nitrogens with one attached hydrogen (secondary N) is 1. The summed E-state index contributed by atoms with van der Waals surface area (Å²) in [5.41, 5.74) is 7.09. The van der Waals surface area contributed by atoms with E-state index in [1.165, 1.54) is 6.20 Å². The largest absolute Gasteiger partial charge is 0.443 e. The molecule has 0 saturated carbocycles. The van der Waals surface area contributed by atoms with E-state index in [4.69, 9.17) is 22.1 Å². The first-order valence-corrected chi connectivity index (χ1v) is 8.79. The smallest absolute Gasteiger partial charge is 0.405 e. The van der Waals surface area contributed by atoms with E-state index in [0.29, 0.717) is 38.0 Å². The van der Waals surface area contributed by atoms with E-state index in [1.54, 1.807) is 0 Å². The minimum Gasteiger partial charge on any atom is -0.443 e. The van der Waals surface area contributed by atoms with Crippen LogP contribution in [0.2, 0.25) is 5.02 Å². The van der Waals surface area contributed by atoms with Crippen molar-refractivity contribution in [1.82, 2.24) is 10.2 Å².